The largest absolute Gasteiger partial charge is 0.462 e. The van der Waals surface area contributed by atoms with Crippen LogP contribution in [-0.4, -0.2) is 36.6 Å². The molecule has 23 heavy (non-hydrogen) atoms. The lowest BCUT2D eigenvalue weighted by Crippen LogP contribution is -2.47. The second-order valence-electron chi connectivity index (χ2n) is 9.18. The maximum absolute atomic E-state index is 6.30. The van der Waals surface area contributed by atoms with Gasteiger partial charge in [0.2, 0.25) is 0 Å². The quantitative estimate of drug-likeness (QED) is 0.578. The molecule has 2 saturated heterocycles. The van der Waals surface area contributed by atoms with Crippen LogP contribution in [0.4, 0.5) is 0 Å². The Hall–Kier alpha value is -0.290. The van der Waals surface area contributed by atoms with Crippen molar-refractivity contribution in [3.63, 3.8) is 0 Å². The van der Waals surface area contributed by atoms with Crippen molar-refractivity contribution >= 4 is 14.2 Å². The van der Waals surface area contributed by atoms with E-state index in [1.54, 1.807) is 0 Å². The monoisotopic (exact) mass is 322 g/mol. The van der Waals surface area contributed by atoms with Crippen LogP contribution in [-0.2, 0) is 18.6 Å². The first-order chi connectivity index (χ1) is 10.2. The van der Waals surface area contributed by atoms with Gasteiger partial charge in [0, 0.05) is 5.21 Å². The van der Waals surface area contributed by atoms with Crippen LogP contribution in [0.2, 0.25) is 5.21 Å². The van der Waals surface area contributed by atoms with Gasteiger partial charge in [-0.2, -0.15) is 0 Å². The van der Waals surface area contributed by atoms with Crippen LogP contribution in [0, 0.1) is 0 Å². The van der Waals surface area contributed by atoms with Crippen LogP contribution in [0.25, 0.3) is 0 Å². The Morgan fingerprint density at radius 2 is 1.00 bits per heavy atom. The molecule has 0 aromatic rings. The fourth-order valence-electron chi connectivity index (χ4n) is 2.84. The van der Waals surface area contributed by atoms with E-state index < -0.39 is 19.5 Å². The predicted octanol–water partition coefficient (Wildman–Crippen LogP) is 4.05. The first kappa shape index (κ1) is 19.0. The van der Waals surface area contributed by atoms with Crippen molar-refractivity contribution in [1.82, 2.24) is 0 Å². The van der Waals surface area contributed by atoms with Crippen molar-refractivity contribution in [1.29, 1.82) is 0 Å². The Morgan fingerprint density at radius 1 is 0.739 bits per heavy atom. The van der Waals surface area contributed by atoms with E-state index in [4.69, 9.17) is 18.6 Å². The van der Waals surface area contributed by atoms with E-state index in [-0.39, 0.29) is 22.4 Å². The van der Waals surface area contributed by atoms with Crippen LogP contribution in [0.1, 0.15) is 68.7 Å². The number of hydrogen-bond acceptors (Lipinski definition) is 4. The summed E-state index contributed by atoms with van der Waals surface area (Å²) in [5, 5.41) is -0.474. The lowest BCUT2D eigenvalue weighted by atomic mass is 9.38. The van der Waals surface area contributed by atoms with Crippen molar-refractivity contribution in [2.24, 2.45) is 0 Å². The molecule has 0 saturated carbocycles. The smallest absolute Gasteiger partial charge is 0.403 e. The van der Waals surface area contributed by atoms with Crippen LogP contribution in [0.3, 0.4) is 0 Å². The minimum absolute atomic E-state index is 0.385. The maximum Gasteiger partial charge on any atom is 0.462 e. The molecule has 4 nitrogen and oxygen atoms in total. The van der Waals surface area contributed by atoms with Gasteiger partial charge in [0.1, 0.15) is 0 Å². The summed E-state index contributed by atoms with van der Waals surface area (Å²) in [5.74, 6) is 0. The second-order valence-corrected chi connectivity index (χ2v) is 9.18. The van der Waals surface area contributed by atoms with E-state index in [2.05, 4.69) is 68.9 Å². The van der Waals surface area contributed by atoms with Gasteiger partial charge in [-0.15, -0.1) is 6.58 Å². The molecule has 0 atom stereocenters. The molecule has 2 fully saturated rings. The fraction of sp³-hybridized carbons (Fsp3) is 0.882. The molecule has 2 rings (SSSR count). The summed E-state index contributed by atoms with van der Waals surface area (Å²) in [7, 11) is -0.833. The topological polar surface area (TPSA) is 36.9 Å². The highest BCUT2D eigenvalue weighted by atomic mass is 16.7. The zero-order valence-corrected chi connectivity index (χ0v) is 16.3. The lowest BCUT2D eigenvalue weighted by Gasteiger charge is -2.32. The molecule has 130 valence electrons. The normalized spacial score (nSPS) is 28.2. The Kier molecular flexibility index (Phi) is 4.43. The van der Waals surface area contributed by atoms with Crippen LogP contribution in [0.15, 0.2) is 12.7 Å². The summed E-state index contributed by atoms with van der Waals surface area (Å²) in [5.41, 5.74) is -1.54. The molecule has 6 heteroatoms. The Bertz CT molecular complexity index is 417. The third-order valence-corrected chi connectivity index (χ3v) is 6.17. The van der Waals surface area contributed by atoms with Crippen LogP contribution >= 0.6 is 0 Å². The minimum atomic E-state index is -0.474. The van der Waals surface area contributed by atoms with Gasteiger partial charge in [0.15, 0.2) is 0 Å². The van der Waals surface area contributed by atoms with E-state index in [0.717, 1.165) is 0 Å². The summed E-state index contributed by atoms with van der Waals surface area (Å²) < 4.78 is 25.2. The molecule has 2 heterocycles. The van der Waals surface area contributed by atoms with Gasteiger partial charge in [0.05, 0.1) is 22.4 Å². The molecule has 0 bridgehead atoms. The number of hydrogen-bond donors (Lipinski definition) is 0. The molecule has 0 radical (unpaired) electrons. The molecule has 0 amide bonds. The lowest BCUT2D eigenvalue weighted by molar-refractivity contribution is 0.00578. The molecule has 0 N–H and O–H groups in total. The molecule has 2 aliphatic heterocycles. The number of rotatable bonds is 4. The standard InChI is InChI=1S/C17H32B2O4/c1-11-12-17(10,18-20-13(2,3)14(4,5)21-18)19-22-15(6,7)16(8,9)23-19/h11H,1,12H2,2-10H3. The van der Waals surface area contributed by atoms with E-state index in [0.29, 0.717) is 6.42 Å². The van der Waals surface area contributed by atoms with Crippen molar-refractivity contribution in [2.75, 3.05) is 0 Å². The van der Waals surface area contributed by atoms with Gasteiger partial charge in [-0.3, -0.25) is 0 Å². The molecule has 0 aromatic heterocycles. The molecule has 0 aliphatic carbocycles. The van der Waals surface area contributed by atoms with E-state index in [1.807, 2.05) is 6.08 Å². The third kappa shape index (κ3) is 2.92. The van der Waals surface area contributed by atoms with E-state index in [9.17, 15) is 0 Å². The molecule has 0 aromatic carbocycles. The van der Waals surface area contributed by atoms with Crippen LogP contribution in [0.5, 0.6) is 0 Å². The van der Waals surface area contributed by atoms with Gasteiger partial charge in [-0.1, -0.05) is 13.0 Å². The minimum Gasteiger partial charge on any atom is -0.403 e. The first-order valence-electron chi connectivity index (χ1n) is 8.51. The van der Waals surface area contributed by atoms with Crippen molar-refractivity contribution < 1.29 is 18.6 Å². The number of allylic oxidation sites excluding steroid dienone is 1. The van der Waals surface area contributed by atoms with Gasteiger partial charge >= 0.3 is 14.2 Å². The summed E-state index contributed by atoms with van der Waals surface area (Å²) in [4.78, 5) is 0. The molecular weight excluding hydrogens is 290 g/mol. The van der Waals surface area contributed by atoms with Gasteiger partial charge < -0.3 is 18.6 Å². The average Bonchev–Trinajstić information content (AvgIpc) is 2.70. The SMILES string of the molecule is C=CCC(C)(B1OC(C)(C)C(C)(C)O1)B1OC(C)(C)C(C)(C)O1. The average molecular weight is 322 g/mol. The maximum atomic E-state index is 6.30. The molecule has 0 unspecified atom stereocenters. The third-order valence-electron chi connectivity index (χ3n) is 6.17. The second kappa shape index (κ2) is 5.35. The zero-order chi connectivity index (χ0) is 17.9. The summed E-state index contributed by atoms with van der Waals surface area (Å²) in [6.45, 7) is 22.5. The van der Waals surface area contributed by atoms with Gasteiger partial charge in [0.25, 0.3) is 0 Å². The molecule has 2 aliphatic rings. The molecular formula is C17H32B2O4. The van der Waals surface area contributed by atoms with Crippen molar-refractivity contribution in [2.45, 2.75) is 96.4 Å². The summed E-state index contributed by atoms with van der Waals surface area (Å²) in [6, 6.07) is 0. The highest BCUT2D eigenvalue weighted by Crippen LogP contribution is 2.52. The van der Waals surface area contributed by atoms with Gasteiger partial charge in [-0.05, 0) is 61.8 Å². The Labute approximate surface area is 142 Å². The zero-order valence-electron chi connectivity index (χ0n) is 16.3. The van der Waals surface area contributed by atoms with E-state index >= 15 is 0 Å². The van der Waals surface area contributed by atoms with E-state index in [1.165, 1.54) is 0 Å². The first-order valence-corrected chi connectivity index (χ1v) is 8.51. The Morgan fingerprint density at radius 3 is 1.22 bits per heavy atom. The highest BCUT2D eigenvalue weighted by molar-refractivity contribution is 6.71. The summed E-state index contributed by atoms with van der Waals surface area (Å²) in [6.07, 6.45) is 2.57. The fourth-order valence-corrected chi connectivity index (χ4v) is 2.84. The van der Waals surface area contributed by atoms with Crippen molar-refractivity contribution in [3.8, 4) is 0 Å². The van der Waals surface area contributed by atoms with Crippen molar-refractivity contribution in [3.05, 3.63) is 12.7 Å². The van der Waals surface area contributed by atoms with Crippen LogP contribution < -0.4 is 0 Å². The highest BCUT2D eigenvalue weighted by Gasteiger charge is 2.66. The predicted molar refractivity (Wildman–Crippen MR) is 95.3 cm³/mol. The molecule has 0 spiro atoms. The Balaban J connectivity index is 2.33. The summed E-state index contributed by atoms with van der Waals surface area (Å²) >= 11 is 0. The van der Waals surface area contributed by atoms with Gasteiger partial charge in [-0.25, -0.2) is 0 Å².